The molecule has 1 amide bonds. The van der Waals surface area contributed by atoms with E-state index in [9.17, 15) is 9.18 Å². The molecule has 22 heavy (non-hydrogen) atoms. The number of hydrogen-bond donors (Lipinski definition) is 1. The number of nitrogens with zero attached hydrogens (tertiary/aromatic N) is 1. The highest BCUT2D eigenvalue weighted by atomic mass is 35.5. The Morgan fingerprint density at radius 1 is 1.32 bits per heavy atom. The predicted molar refractivity (Wildman–Crippen MR) is 86.8 cm³/mol. The van der Waals surface area contributed by atoms with Gasteiger partial charge in [-0.2, -0.15) is 0 Å². The largest absolute Gasteiger partial charge is 0.494 e. The Bertz CT molecular complexity index is 476. The number of rotatable bonds is 6. The third-order valence-electron chi connectivity index (χ3n) is 3.99. The van der Waals surface area contributed by atoms with Gasteiger partial charge < -0.3 is 15.4 Å². The van der Waals surface area contributed by atoms with Gasteiger partial charge in [0.05, 0.1) is 12.1 Å². The van der Waals surface area contributed by atoms with Crippen molar-refractivity contribution in [1.82, 2.24) is 4.90 Å². The Morgan fingerprint density at radius 2 is 1.91 bits per heavy atom. The Labute approximate surface area is 137 Å². The average molecular weight is 331 g/mol. The highest BCUT2D eigenvalue weighted by Crippen LogP contribution is 2.28. The maximum absolute atomic E-state index is 12.7. The molecule has 1 fully saturated rings. The van der Waals surface area contributed by atoms with E-state index in [2.05, 4.69) is 0 Å². The summed E-state index contributed by atoms with van der Waals surface area (Å²) in [6.07, 6.45) is 4.34. The SMILES string of the molecule is CN(CCCOc1ccc(F)cc1)C(=O)C1(N)CCCC1.Cl. The molecule has 124 valence electrons. The van der Waals surface area contributed by atoms with Crippen molar-refractivity contribution in [2.24, 2.45) is 5.73 Å². The predicted octanol–water partition coefficient (Wildman–Crippen LogP) is 2.75. The van der Waals surface area contributed by atoms with Gasteiger partial charge in [0.25, 0.3) is 0 Å². The molecule has 0 aromatic heterocycles. The summed E-state index contributed by atoms with van der Waals surface area (Å²) >= 11 is 0. The maximum atomic E-state index is 12.7. The average Bonchev–Trinajstić information content (AvgIpc) is 2.92. The van der Waals surface area contributed by atoms with Crippen molar-refractivity contribution in [3.63, 3.8) is 0 Å². The van der Waals surface area contributed by atoms with Gasteiger partial charge in [-0.25, -0.2) is 4.39 Å². The summed E-state index contributed by atoms with van der Waals surface area (Å²) in [5.41, 5.74) is 5.49. The van der Waals surface area contributed by atoms with E-state index in [-0.39, 0.29) is 24.1 Å². The highest BCUT2D eigenvalue weighted by molar-refractivity contribution is 5.86. The molecule has 1 aliphatic rings. The molecule has 0 unspecified atom stereocenters. The maximum Gasteiger partial charge on any atom is 0.242 e. The molecule has 0 atom stereocenters. The third-order valence-corrected chi connectivity index (χ3v) is 3.99. The highest BCUT2D eigenvalue weighted by Gasteiger charge is 2.38. The minimum absolute atomic E-state index is 0. The van der Waals surface area contributed by atoms with Gasteiger partial charge in [0.1, 0.15) is 11.6 Å². The number of carbonyl (C=O) groups is 1. The van der Waals surface area contributed by atoms with E-state index in [0.29, 0.717) is 18.9 Å². The molecular weight excluding hydrogens is 307 g/mol. The van der Waals surface area contributed by atoms with E-state index in [0.717, 1.165) is 32.1 Å². The number of benzene rings is 1. The second-order valence-corrected chi connectivity index (χ2v) is 5.75. The zero-order valence-corrected chi connectivity index (χ0v) is 13.7. The van der Waals surface area contributed by atoms with E-state index in [4.69, 9.17) is 10.5 Å². The quantitative estimate of drug-likeness (QED) is 0.816. The van der Waals surface area contributed by atoms with Crippen LogP contribution in [0.5, 0.6) is 5.75 Å². The van der Waals surface area contributed by atoms with E-state index in [1.807, 2.05) is 0 Å². The van der Waals surface area contributed by atoms with Crippen LogP contribution in [0.1, 0.15) is 32.1 Å². The van der Waals surface area contributed by atoms with Crippen LogP contribution >= 0.6 is 12.4 Å². The van der Waals surface area contributed by atoms with Crippen molar-refractivity contribution in [1.29, 1.82) is 0 Å². The summed E-state index contributed by atoms with van der Waals surface area (Å²) in [6.45, 7) is 1.10. The Kier molecular flexibility index (Phi) is 7.10. The molecule has 0 bridgehead atoms. The molecule has 0 aliphatic heterocycles. The number of halogens is 2. The first-order chi connectivity index (χ1) is 10.0. The monoisotopic (exact) mass is 330 g/mol. The van der Waals surface area contributed by atoms with Gasteiger partial charge in [-0.3, -0.25) is 4.79 Å². The van der Waals surface area contributed by atoms with Gasteiger partial charge in [0.2, 0.25) is 5.91 Å². The lowest BCUT2D eigenvalue weighted by molar-refractivity contribution is -0.135. The molecule has 0 saturated heterocycles. The van der Waals surface area contributed by atoms with Gasteiger partial charge in [0, 0.05) is 13.6 Å². The van der Waals surface area contributed by atoms with E-state index in [1.165, 1.54) is 12.1 Å². The second kappa shape index (κ2) is 8.34. The van der Waals surface area contributed by atoms with Crippen LogP contribution in [0.4, 0.5) is 4.39 Å². The standard InChI is InChI=1S/C16H23FN2O2.ClH/c1-19(15(20)16(18)9-2-3-10-16)11-4-12-21-14-7-5-13(17)6-8-14;/h5-8H,2-4,9-12,18H2,1H3;1H. The summed E-state index contributed by atoms with van der Waals surface area (Å²) in [7, 11) is 1.78. The number of carbonyl (C=O) groups excluding carboxylic acids is 1. The molecule has 1 saturated carbocycles. The van der Waals surface area contributed by atoms with Crippen molar-refractivity contribution < 1.29 is 13.9 Å². The molecule has 4 nitrogen and oxygen atoms in total. The van der Waals surface area contributed by atoms with Crippen LogP contribution in [0.3, 0.4) is 0 Å². The zero-order valence-electron chi connectivity index (χ0n) is 12.9. The first-order valence-electron chi connectivity index (χ1n) is 7.44. The van der Waals surface area contributed by atoms with Crippen LogP contribution in [0.15, 0.2) is 24.3 Å². The van der Waals surface area contributed by atoms with Gasteiger partial charge in [-0.15, -0.1) is 12.4 Å². The Morgan fingerprint density at radius 3 is 2.50 bits per heavy atom. The fraction of sp³-hybridized carbons (Fsp3) is 0.562. The van der Waals surface area contributed by atoms with E-state index < -0.39 is 5.54 Å². The summed E-state index contributed by atoms with van der Waals surface area (Å²) < 4.78 is 18.2. The zero-order chi connectivity index (χ0) is 15.3. The number of nitrogens with two attached hydrogens (primary N) is 1. The summed E-state index contributed by atoms with van der Waals surface area (Å²) in [6, 6.07) is 5.92. The lowest BCUT2D eigenvalue weighted by atomic mass is 9.97. The molecule has 0 spiro atoms. The van der Waals surface area contributed by atoms with Crippen LogP contribution < -0.4 is 10.5 Å². The summed E-state index contributed by atoms with van der Waals surface area (Å²) in [4.78, 5) is 14.0. The van der Waals surface area contributed by atoms with Gasteiger partial charge in [0.15, 0.2) is 0 Å². The number of ether oxygens (including phenoxy) is 1. The molecule has 1 aliphatic carbocycles. The van der Waals surface area contributed by atoms with E-state index in [1.54, 1.807) is 24.1 Å². The molecule has 2 N–H and O–H groups in total. The van der Waals surface area contributed by atoms with Crippen molar-refractivity contribution in [3.8, 4) is 5.75 Å². The van der Waals surface area contributed by atoms with Gasteiger partial charge in [-0.1, -0.05) is 12.8 Å². The minimum atomic E-state index is -0.660. The topological polar surface area (TPSA) is 55.6 Å². The molecule has 6 heteroatoms. The van der Waals surface area contributed by atoms with Crippen molar-refractivity contribution in [2.45, 2.75) is 37.6 Å². The summed E-state index contributed by atoms with van der Waals surface area (Å²) in [5.74, 6) is 0.385. The Hall–Kier alpha value is -1.33. The fourth-order valence-corrected chi connectivity index (χ4v) is 2.72. The summed E-state index contributed by atoms with van der Waals surface area (Å²) in [5, 5.41) is 0. The third kappa shape index (κ3) is 4.85. The molecular formula is C16H24ClFN2O2. The van der Waals surface area contributed by atoms with Crippen LogP contribution in [-0.2, 0) is 4.79 Å². The minimum Gasteiger partial charge on any atom is -0.494 e. The number of likely N-dealkylation sites (N-methyl/N-ethyl adjacent to an activating group) is 1. The normalized spacial score (nSPS) is 16.0. The van der Waals surface area contributed by atoms with Gasteiger partial charge >= 0.3 is 0 Å². The van der Waals surface area contributed by atoms with Crippen molar-refractivity contribution in [2.75, 3.05) is 20.2 Å². The van der Waals surface area contributed by atoms with Crippen LogP contribution in [0, 0.1) is 5.82 Å². The number of amides is 1. The lowest BCUT2D eigenvalue weighted by Gasteiger charge is -2.28. The first kappa shape index (κ1) is 18.7. The van der Waals surface area contributed by atoms with Crippen LogP contribution in [0.25, 0.3) is 0 Å². The van der Waals surface area contributed by atoms with Crippen molar-refractivity contribution in [3.05, 3.63) is 30.1 Å². The van der Waals surface area contributed by atoms with Crippen molar-refractivity contribution >= 4 is 18.3 Å². The van der Waals surface area contributed by atoms with Crippen LogP contribution in [0.2, 0.25) is 0 Å². The fourth-order valence-electron chi connectivity index (χ4n) is 2.72. The molecule has 0 radical (unpaired) electrons. The number of hydrogen-bond acceptors (Lipinski definition) is 3. The molecule has 0 heterocycles. The second-order valence-electron chi connectivity index (χ2n) is 5.75. The van der Waals surface area contributed by atoms with Gasteiger partial charge in [-0.05, 0) is 43.5 Å². The Balaban J connectivity index is 0.00000242. The molecule has 1 aromatic rings. The molecule has 1 aromatic carbocycles. The molecule has 2 rings (SSSR count). The smallest absolute Gasteiger partial charge is 0.242 e. The van der Waals surface area contributed by atoms with Crippen LogP contribution in [-0.4, -0.2) is 36.5 Å². The lowest BCUT2D eigenvalue weighted by Crippen LogP contribution is -2.52. The first-order valence-corrected chi connectivity index (χ1v) is 7.44. The van der Waals surface area contributed by atoms with E-state index >= 15 is 0 Å².